The van der Waals surface area contributed by atoms with Gasteiger partial charge in [-0.1, -0.05) is 52.0 Å². The number of amides is 1. The molecule has 19 heavy (non-hydrogen) atoms. The van der Waals surface area contributed by atoms with Gasteiger partial charge in [0.05, 0.1) is 0 Å². The summed E-state index contributed by atoms with van der Waals surface area (Å²) in [5.74, 6) is 0.0438. The van der Waals surface area contributed by atoms with Gasteiger partial charge in [-0.25, -0.2) is 0 Å². The van der Waals surface area contributed by atoms with Crippen molar-refractivity contribution < 1.29 is 4.79 Å². The maximum atomic E-state index is 11.7. The fraction of sp³-hybridized carbons (Fsp3) is 0.812. The number of carbonyl (C=O) groups is 1. The van der Waals surface area contributed by atoms with Crippen LogP contribution in [0.25, 0.3) is 0 Å². The highest BCUT2D eigenvalue weighted by Gasteiger charge is 2.07. The average molecular weight is 268 g/mol. The first-order valence-corrected chi connectivity index (χ1v) is 7.71. The van der Waals surface area contributed by atoms with E-state index < -0.39 is 0 Å². The molecule has 1 amide bonds. The van der Waals surface area contributed by atoms with Crippen molar-refractivity contribution in [2.45, 2.75) is 64.8 Å². The third kappa shape index (κ3) is 12.0. The first-order chi connectivity index (χ1) is 9.10. The van der Waals surface area contributed by atoms with E-state index in [1.54, 1.807) is 6.08 Å². The Bertz CT molecular complexity index is 249. The molecule has 3 nitrogen and oxygen atoms in total. The average Bonchev–Trinajstić information content (AvgIpc) is 2.36. The largest absolute Gasteiger partial charge is 0.350 e. The molecule has 0 radical (unpaired) electrons. The van der Waals surface area contributed by atoms with E-state index >= 15 is 0 Å². The van der Waals surface area contributed by atoms with Crippen molar-refractivity contribution in [3.63, 3.8) is 0 Å². The molecule has 0 saturated carbocycles. The van der Waals surface area contributed by atoms with Crippen molar-refractivity contribution in [1.82, 2.24) is 10.2 Å². The molecule has 1 atom stereocenters. The van der Waals surface area contributed by atoms with Crippen molar-refractivity contribution in [2.24, 2.45) is 0 Å². The second-order valence-corrected chi connectivity index (χ2v) is 5.48. The van der Waals surface area contributed by atoms with E-state index in [2.05, 4.69) is 19.2 Å². The molecule has 0 aliphatic heterocycles. The zero-order valence-electron chi connectivity index (χ0n) is 13.2. The number of hydrogen-bond donors (Lipinski definition) is 1. The number of carbonyl (C=O) groups excluding carboxylic acids is 1. The van der Waals surface area contributed by atoms with Crippen LogP contribution in [-0.4, -0.2) is 37.5 Å². The topological polar surface area (TPSA) is 32.3 Å². The molecule has 0 spiro atoms. The lowest BCUT2D eigenvalue weighted by Crippen LogP contribution is -2.33. The zero-order chi connectivity index (χ0) is 14.5. The minimum atomic E-state index is 0.0438. The van der Waals surface area contributed by atoms with Gasteiger partial charge in [0, 0.05) is 18.7 Å². The van der Waals surface area contributed by atoms with Crippen molar-refractivity contribution in [3.05, 3.63) is 12.2 Å². The Hall–Kier alpha value is -0.830. The van der Waals surface area contributed by atoms with E-state index in [1.165, 1.54) is 32.1 Å². The lowest BCUT2D eigenvalue weighted by atomic mass is 10.0. The van der Waals surface area contributed by atoms with Crippen LogP contribution in [0.3, 0.4) is 0 Å². The first kappa shape index (κ1) is 18.2. The smallest absolute Gasteiger partial charge is 0.243 e. The van der Waals surface area contributed by atoms with Gasteiger partial charge in [0.15, 0.2) is 0 Å². The Labute approximate surface area is 119 Å². The van der Waals surface area contributed by atoms with Gasteiger partial charge in [-0.15, -0.1) is 0 Å². The maximum Gasteiger partial charge on any atom is 0.243 e. The lowest BCUT2D eigenvalue weighted by Gasteiger charge is -2.15. The number of nitrogens with zero attached hydrogens (tertiary/aromatic N) is 1. The normalized spacial score (nSPS) is 13.1. The predicted octanol–water partition coefficient (Wildman–Crippen LogP) is 3.36. The molecular weight excluding hydrogens is 236 g/mol. The molecule has 0 fully saturated rings. The molecule has 0 rings (SSSR count). The van der Waals surface area contributed by atoms with E-state index in [4.69, 9.17) is 0 Å². The van der Waals surface area contributed by atoms with Gasteiger partial charge >= 0.3 is 0 Å². The Morgan fingerprint density at radius 2 is 1.84 bits per heavy atom. The number of likely N-dealkylation sites (N-methyl/N-ethyl adjacent to an activating group) is 1. The monoisotopic (exact) mass is 268 g/mol. The van der Waals surface area contributed by atoms with Gasteiger partial charge in [-0.3, -0.25) is 4.79 Å². The summed E-state index contributed by atoms with van der Waals surface area (Å²) in [4.78, 5) is 13.7. The van der Waals surface area contributed by atoms with Gasteiger partial charge in [-0.05, 0) is 26.9 Å². The van der Waals surface area contributed by atoms with E-state index in [9.17, 15) is 4.79 Å². The van der Waals surface area contributed by atoms with Crippen LogP contribution in [0.15, 0.2) is 12.2 Å². The summed E-state index contributed by atoms with van der Waals surface area (Å²) in [6.45, 7) is 5.18. The second kappa shape index (κ2) is 12.2. The Kier molecular flexibility index (Phi) is 11.7. The summed E-state index contributed by atoms with van der Waals surface area (Å²) >= 11 is 0. The molecule has 0 saturated heterocycles. The number of nitrogens with one attached hydrogen (secondary N) is 1. The van der Waals surface area contributed by atoms with Gasteiger partial charge in [0.25, 0.3) is 0 Å². The third-order valence-electron chi connectivity index (χ3n) is 3.24. The summed E-state index contributed by atoms with van der Waals surface area (Å²) in [6.07, 6.45) is 12.1. The highest BCUT2D eigenvalue weighted by atomic mass is 16.1. The predicted molar refractivity (Wildman–Crippen MR) is 83.3 cm³/mol. The molecule has 1 unspecified atom stereocenters. The van der Waals surface area contributed by atoms with Crippen molar-refractivity contribution in [3.8, 4) is 0 Å². The Morgan fingerprint density at radius 1 is 1.16 bits per heavy atom. The second-order valence-electron chi connectivity index (χ2n) is 5.48. The van der Waals surface area contributed by atoms with E-state index in [-0.39, 0.29) is 5.91 Å². The first-order valence-electron chi connectivity index (χ1n) is 7.71. The Balaban J connectivity index is 3.78. The summed E-state index contributed by atoms with van der Waals surface area (Å²) in [6, 6.07) is 0.332. The molecule has 1 N–H and O–H groups in total. The molecule has 0 bridgehead atoms. The van der Waals surface area contributed by atoms with Crippen LogP contribution in [-0.2, 0) is 4.79 Å². The lowest BCUT2D eigenvalue weighted by molar-refractivity contribution is -0.117. The molecule has 0 aromatic carbocycles. The maximum absolute atomic E-state index is 11.7. The van der Waals surface area contributed by atoms with Gasteiger partial charge in [0.2, 0.25) is 5.91 Å². The fourth-order valence-corrected chi connectivity index (χ4v) is 1.99. The molecule has 0 aliphatic carbocycles. The summed E-state index contributed by atoms with van der Waals surface area (Å²) in [5, 5.41) is 3.09. The van der Waals surface area contributed by atoms with E-state index in [0.29, 0.717) is 6.04 Å². The summed E-state index contributed by atoms with van der Waals surface area (Å²) < 4.78 is 0. The molecule has 3 heteroatoms. The van der Waals surface area contributed by atoms with Crippen LogP contribution >= 0.6 is 0 Å². The van der Waals surface area contributed by atoms with E-state index in [1.807, 2.05) is 25.1 Å². The van der Waals surface area contributed by atoms with Crippen LogP contribution in [0.4, 0.5) is 0 Å². The quantitative estimate of drug-likeness (QED) is 0.460. The number of unbranched alkanes of at least 4 members (excludes halogenated alkanes) is 4. The highest BCUT2D eigenvalue weighted by molar-refractivity contribution is 5.87. The zero-order valence-corrected chi connectivity index (χ0v) is 13.2. The summed E-state index contributed by atoms with van der Waals surface area (Å²) in [5.41, 5.74) is 0. The highest BCUT2D eigenvalue weighted by Crippen LogP contribution is 2.09. The summed E-state index contributed by atoms with van der Waals surface area (Å²) in [7, 11) is 3.99. The van der Waals surface area contributed by atoms with Crippen molar-refractivity contribution in [1.29, 1.82) is 0 Å². The molecular formula is C16H32N2O. The fourth-order valence-electron chi connectivity index (χ4n) is 1.99. The number of hydrogen-bond acceptors (Lipinski definition) is 2. The molecule has 0 heterocycles. The van der Waals surface area contributed by atoms with Crippen LogP contribution in [0.5, 0.6) is 0 Å². The Morgan fingerprint density at radius 3 is 2.42 bits per heavy atom. The molecule has 0 aromatic heterocycles. The number of rotatable bonds is 11. The van der Waals surface area contributed by atoms with Crippen molar-refractivity contribution in [2.75, 3.05) is 20.6 Å². The minimum absolute atomic E-state index is 0.0438. The third-order valence-corrected chi connectivity index (χ3v) is 3.24. The molecule has 0 aliphatic rings. The minimum Gasteiger partial charge on any atom is -0.350 e. The van der Waals surface area contributed by atoms with Gasteiger partial charge in [0.1, 0.15) is 0 Å². The van der Waals surface area contributed by atoms with Gasteiger partial charge in [-0.2, -0.15) is 0 Å². The SMILES string of the molecule is CCCCCCCC(CC)NC(=O)/C=C/CN(C)C. The van der Waals surface area contributed by atoms with Crippen LogP contribution in [0.1, 0.15) is 58.8 Å². The van der Waals surface area contributed by atoms with Crippen LogP contribution in [0, 0.1) is 0 Å². The van der Waals surface area contributed by atoms with E-state index in [0.717, 1.165) is 19.4 Å². The molecule has 112 valence electrons. The van der Waals surface area contributed by atoms with Crippen molar-refractivity contribution >= 4 is 5.91 Å². The standard InChI is InChI=1S/C16H32N2O/c1-5-7-8-9-10-12-15(6-2)17-16(19)13-11-14-18(3)4/h11,13,15H,5-10,12,14H2,1-4H3,(H,17,19)/b13-11+. The van der Waals surface area contributed by atoms with Crippen LogP contribution < -0.4 is 5.32 Å². The van der Waals surface area contributed by atoms with Gasteiger partial charge < -0.3 is 10.2 Å². The molecule has 0 aromatic rings. The van der Waals surface area contributed by atoms with Crippen LogP contribution in [0.2, 0.25) is 0 Å².